The molecule has 156 valence electrons. The molecule has 0 aromatic rings. The second-order valence-electron chi connectivity index (χ2n) is 7.60. The highest BCUT2D eigenvalue weighted by Crippen LogP contribution is 2.27. The van der Waals surface area contributed by atoms with Gasteiger partial charge in [-0.2, -0.15) is 0 Å². The Hall–Kier alpha value is -2.30. The van der Waals surface area contributed by atoms with Crippen LogP contribution in [0.5, 0.6) is 0 Å². The van der Waals surface area contributed by atoms with E-state index in [1.807, 2.05) is 26.8 Å². The third kappa shape index (κ3) is 6.70. The highest BCUT2D eigenvalue weighted by Gasteiger charge is 2.25. The molecule has 0 saturated carbocycles. The number of halogens is 1. The van der Waals surface area contributed by atoms with Gasteiger partial charge in [-0.25, -0.2) is 0 Å². The Morgan fingerprint density at radius 1 is 1.36 bits per heavy atom. The molecule has 1 aliphatic heterocycles. The average Bonchev–Trinajstić information content (AvgIpc) is 3.09. The second kappa shape index (κ2) is 11.5. The lowest BCUT2D eigenvalue weighted by Crippen LogP contribution is -2.35. The standard InChI is InChI=1S/C23H37FN4/c1-7-9-10-21-13-20(18(5)27-8-2)15-28(21)19(6)23(26)12-17(4)22(25)11-16(3)14-24/h8,10,12-13,16,19H,2,7,9,11,14-15,25-26H2,1,3-6H3/b21-10+,22-17-,23-12-,27-18-. The fourth-order valence-corrected chi connectivity index (χ4v) is 3.08. The first-order chi connectivity index (χ1) is 13.2. The number of rotatable bonds is 10. The van der Waals surface area contributed by atoms with E-state index >= 15 is 0 Å². The van der Waals surface area contributed by atoms with E-state index in [1.165, 1.54) is 11.3 Å². The fourth-order valence-electron chi connectivity index (χ4n) is 3.08. The highest BCUT2D eigenvalue weighted by atomic mass is 19.1. The smallest absolute Gasteiger partial charge is 0.0923 e. The van der Waals surface area contributed by atoms with Gasteiger partial charge in [-0.3, -0.25) is 9.38 Å². The van der Waals surface area contributed by atoms with E-state index in [-0.39, 0.29) is 18.6 Å². The molecule has 0 bridgehead atoms. The Balaban J connectivity index is 3.07. The van der Waals surface area contributed by atoms with E-state index in [1.54, 1.807) is 6.20 Å². The van der Waals surface area contributed by atoms with Crippen molar-refractivity contribution in [3.63, 3.8) is 0 Å². The normalized spacial score (nSPS) is 20.1. The number of alkyl halides is 1. The minimum Gasteiger partial charge on any atom is -0.402 e. The average molecular weight is 389 g/mol. The summed E-state index contributed by atoms with van der Waals surface area (Å²) in [5.41, 5.74) is 18.2. The number of unbranched alkanes of at least 4 members (excludes halogenated alkanes) is 1. The van der Waals surface area contributed by atoms with Crippen molar-refractivity contribution in [3.05, 3.63) is 59.2 Å². The summed E-state index contributed by atoms with van der Waals surface area (Å²) in [7, 11) is 0. The molecule has 0 spiro atoms. The van der Waals surface area contributed by atoms with E-state index in [2.05, 4.69) is 42.5 Å². The highest BCUT2D eigenvalue weighted by molar-refractivity contribution is 6.00. The molecule has 0 fully saturated rings. The van der Waals surface area contributed by atoms with Crippen LogP contribution >= 0.6 is 0 Å². The van der Waals surface area contributed by atoms with Crippen LogP contribution in [0.3, 0.4) is 0 Å². The van der Waals surface area contributed by atoms with Gasteiger partial charge in [0.25, 0.3) is 0 Å². The van der Waals surface area contributed by atoms with Crippen LogP contribution in [-0.4, -0.2) is 29.9 Å². The summed E-state index contributed by atoms with van der Waals surface area (Å²) >= 11 is 0. The number of hydrogen-bond acceptors (Lipinski definition) is 4. The van der Waals surface area contributed by atoms with Crippen molar-refractivity contribution in [1.82, 2.24) is 4.90 Å². The zero-order valence-electron chi connectivity index (χ0n) is 18.1. The number of nitrogens with zero attached hydrogens (tertiary/aromatic N) is 2. The summed E-state index contributed by atoms with van der Waals surface area (Å²) in [5, 5.41) is 0. The van der Waals surface area contributed by atoms with Crippen molar-refractivity contribution in [3.8, 4) is 0 Å². The Bertz CT molecular complexity index is 697. The lowest BCUT2D eigenvalue weighted by atomic mass is 10.0. The van der Waals surface area contributed by atoms with Gasteiger partial charge in [0.05, 0.1) is 12.7 Å². The first-order valence-corrected chi connectivity index (χ1v) is 10.1. The van der Waals surface area contributed by atoms with Crippen LogP contribution in [0.1, 0.15) is 53.9 Å². The van der Waals surface area contributed by atoms with Crippen LogP contribution in [0.2, 0.25) is 0 Å². The summed E-state index contributed by atoms with van der Waals surface area (Å²) in [6.07, 6.45) is 10.6. The molecule has 0 aliphatic carbocycles. The monoisotopic (exact) mass is 388 g/mol. The maximum atomic E-state index is 12.8. The Morgan fingerprint density at radius 2 is 2.04 bits per heavy atom. The van der Waals surface area contributed by atoms with Gasteiger partial charge in [0.1, 0.15) is 0 Å². The second-order valence-corrected chi connectivity index (χ2v) is 7.60. The Morgan fingerprint density at radius 3 is 2.61 bits per heavy atom. The number of aliphatic imine (C=N–C) groups is 1. The molecule has 0 radical (unpaired) electrons. The molecule has 0 amide bonds. The molecule has 5 heteroatoms. The molecule has 0 aromatic carbocycles. The lowest BCUT2D eigenvalue weighted by molar-refractivity contribution is 0.344. The van der Waals surface area contributed by atoms with Gasteiger partial charge in [-0.05, 0) is 62.8 Å². The van der Waals surface area contributed by atoms with Crippen LogP contribution in [-0.2, 0) is 0 Å². The van der Waals surface area contributed by atoms with Crippen LogP contribution in [0, 0.1) is 5.92 Å². The van der Waals surface area contributed by atoms with E-state index in [0.717, 1.165) is 36.4 Å². The van der Waals surface area contributed by atoms with Gasteiger partial charge in [0.2, 0.25) is 0 Å². The van der Waals surface area contributed by atoms with Gasteiger partial charge in [-0.1, -0.05) is 32.9 Å². The quantitative estimate of drug-likeness (QED) is 0.410. The third-order valence-electron chi connectivity index (χ3n) is 5.06. The van der Waals surface area contributed by atoms with Gasteiger partial charge >= 0.3 is 0 Å². The molecule has 1 rings (SSSR count). The first-order valence-electron chi connectivity index (χ1n) is 10.1. The fraction of sp³-hybridized carbons (Fsp3) is 0.522. The SMILES string of the molecule is C=C/N=C(/C)C1=C/C(=C\CCC)N(C(C)/C(N)=C/C(C)=C(\N)CC(C)CF)C1. The molecule has 2 unspecified atom stereocenters. The number of nitrogens with two attached hydrogens (primary N) is 2. The van der Waals surface area contributed by atoms with Crippen LogP contribution in [0.25, 0.3) is 0 Å². The molecule has 4 N–H and O–H groups in total. The largest absolute Gasteiger partial charge is 0.402 e. The molecule has 1 heterocycles. The summed E-state index contributed by atoms with van der Waals surface area (Å²) in [6, 6.07) is 0.00901. The van der Waals surface area contributed by atoms with E-state index in [9.17, 15) is 4.39 Å². The minimum atomic E-state index is -0.372. The zero-order valence-corrected chi connectivity index (χ0v) is 18.1. The topological polar surface area (TPSA) is 67.6 Å². The van der Waals surface area contributed by atoms with Crippen LogP contribution in [0.15, 0.2) is 64.2 Å². The number of allylic oxidation sites excluding steroid dienone is 5. The summed E-state index contributed by atoms with van der Waals surface area (Å²) in [6.45, 7) is 14.1. The van der Waals surface area contributed by atoms with E-state index in [0.29, 0.717) is 12.1 Å². The van der Waals surface area contributed by atoms with Crippen molar-refractivity contribution in [1.29, 1.82) is 0 Å². The Labute approximate surface area is 170 Å². The lowest BCUT2D eigenvalue weighted by Gasteiger charge is -2.29. The molecular weight excluding hydrogens is 351 g/mol. The van der Waals surface area contributed by atoms with Crippen molar-refractivity contribution in [2.45, 2.75) is 59.9 Å². The molecule has 2 atom stereocenters. The molecule has 4 nitrogen and oxygen atoms in total. The van der Waals surface area contributed by atoms with Gasteiger partial charge in [0, 0.05) is 35.5 Å². The predicted molar refractivity (Wildman–Crippen MR) is 119 cm³/mol. The maximum absolute atomic E-state index is 12.8. The van der Waals surface area contributed by atoms with Crippen LogP contribution < -0.4 is 11.5 Å². The molecule has 0 aromatic heterocycles. The first kappa shape index (κ1) is 23.7. The summed E-state index contributed by atoms with van der Waals surface area (Å²) < 4.78 is 12.8. The van der Waals surface area contributed by atoms with E-state index < -0.39 is 0 Å². The predicted octanol–water partition coefficient (Wildman–Crippen LogP) is 4.98. The third-order valence-corrected chi connectivity index (χ3v) is 5.06. The molecule has 28 heavy (non-hydrogen) atoms. The van der Waals surface area contributed by atoms with Crippen molar-refractivity contribution < 1.29 is 4.39 Å². The maximum Gasteiger partial charge on any atom is 0.0923 e. The summed E-state index contributed by atoms with van der Waals surface area (Å²) in [5.74, 6) is -0.0805. The van der Waals surface area contributed by atoms with Crippen molar-refractivity contribution in [2.24, 2.45) is 22.4 Å². The molecule has 0 saturated heterocycles. The molecular formula is C23H37FN4. The zero-order chi connectivity index (χ0) is 21.3. The van der Waals surface area contributed by atoms with Crippen LogP contribution in [0.4, 0.5) is 4.39 Å². The van der Waals surface area contributed by atoms with Crippen molar-refractivity contribution in [2.75, 3.05) is 13.2 Å². The Kier molecular flexibility index (Phi) is 9.77. The summed E-state index contributed by atoms with van der Waals surface area (Å²) in [4.78, 5) is 6.61. The van der Waals surface area contributed by atoms with Gasteiger partial charge in [0.15, 0.2) is 0 Å². The van der Waals surface area contributed by atoms with E-state index in [4.69, 9.17) is 11.5 Å². The molecule has 1 aliphatic rings. The number of hydrogen-bond donors (Lipinski definition) is 2. The van der Waals surface area contributed by atoms with Gasteiger partial charge in [-0.15, -0.1) is 0 Å². The van der Waals surface area contributed by atoms with Crippen molar-refractivity contribution >= 4 is 5.71 Å². The van der Waals surface area contributed by atoms with Gasteiger partial charge < -0.3 is 16.4 Å². The minimum absolute atomic E-state index is 0.00901.